The highest BCUT2D eigenvalue weighted by molar-refractivity contribution is 5.90. The van der Waals surface area contributed by atoms with Gasteiger partial charge in [-0.05, 0) is 24.5 Å². The number of rotatable bonds is 5. The first-order chi connectivity index (χ1) is 9.11. The Bertz CT molecular complexity index is 551. The van der Waals surface area contributed by atoms with Crippen molar-refractivity contribution >= 4 is 22.7 Å². The number of nitrogens with zero attached hydrogens (tertiary/aromatic N) is 3. The zero-order chi connectivity index (χ0) is 13.8. The second kappa shape index (κ2) is 5.87. The van der Waals surface area contributed by atoms with Gasteiger partial charge in [0.2, 0.25) is 5.95 Å². The largest absolute Gasteiger partial charge is 0.359 e. The van der Waals surface area contributed by atoms with Gasteiger partial charge in [-0.25, -0.2) is 4.98 Å². The molecule has 0 amide bonds. The molecular formula is C15H22N4. The molecule has 0 saturated carbocycles. The number of anilines is 2. The molecule has 0 radical (unpaired) electrons. The van der Waals surface area contributed by atoms with Gasteiger partial charge in [-0.1, -0.05) is 26.0 Å². The van der Waals surface area contributed by atoms with E-state index in [1.165, 1.54) is 0 Å². The monoisotopic (exact) mass is 258 g/mol. The lowest BCUT2D eigenvalue weighted by Crippen LogP contribution is -2.22. The van der Waals surface area contributed by atoms with Crippen LogP contribution in [-0.2, 0) is 0 Å². The van der Waals surface area contributed by atoms with Crippen molar-refractivity contribution in [3.8, 4) is 0 Å². The Labute approximate surface area is 114 Å². The van der Waals surface area contributed by atoms with Gasteiger partial charge in [0.1, 0.15) is 5.82 Å². The van der Waals surface area contributed by atoms with E-state index >= 15 is 0 Å². The number of hydrogen-bond donors (Lipinski definition) is 1. The van der Waals surface area contributed by atoms with Crippen LogP contribution in [0.1, 0.15) is 20.3 Å². The van der Waals surface area contributed by atoms with Crippen molar-refractivity contribution in [1.29, 1.82) is 0 Å². The molecule has 0 fully saturated rings. The lowest BCUT2D eigenvalue weighted by molar-refractivity contribution is 0.584. The predicted molar refractivity (Wildman–Crippen MR) is 81.8 cm³/mol. The molecule has 2 rings (SSSR count). The van der Waals surface area contributed by atoms with Crippen molar-refractivity contribution < 1.29 is 0 Å². The molecule has 2 aromatic rings. The fourth-order valence-corrected chi connectivity index (χ4v) is 2.02. The first kappa shape index (κ1) is 13.6. The summed E-state index contributed by atoms with van der Waals surface area (Å²) in [6, 6.07) is 8.14. The van der Waals surface area contributed by atoms with Gasteiger partial charge in [0.25, 0.3) is 0 Å². The van der Waals surface area contributed by atoms with Gasteiger partial charge < -0.3 is 10.2 Å². The van der Waals surface area contributed by atoms with Crippen LogP contribution in [0.3, 0.4) is 0 Å². The van der Waals surface area contributed by atoms with E-state index < -0.39 is 0 Å². The minimum absolute atomic E-state index is 0.671. The maximum atomic E-state index is 4.60. The molecule has 1 N–H and O–H groups in total. The molecule has 0 bridgehead atoms. The van der Waals surface area contributed by atoms with Crippen LogP contribution in [0.5, 0.6) is 0 Å². The lowest BCUT2D eigenvalue weighted by Gasteiger charge is -2.21. The average molecular weight is 258 g/mol. The number of aromatic nitrogens is 2. The van der Waals surface area contributed by atoms with Crippen molar-refractivity contribution in [3.05, 3.63) is 24.3 Å². The molecule has 0 aliphatic carbocycles. The van der Waals surface area contributed by atoms with Gasteiger partial charge in [0, 0.05) is 26.0 Å². The van der Waals surface area contributed by atoms with Crippen LogP contribution in [0.4, 0.5) is 11.8 Å². The van der Waals surface area contributed by atoms with Gasteiger partial charge in [-0.3, -0.25) is 0 Å². The van der Waals surface area contributed by atoms with Crippen LogP contribution in [0.25, 0.3) is 10.9 Å². The lowest BCUT2D eigenvalue weighted by atomic mass is 10.1. The molecule has 1 aromatic carbocycles. The molecule has 0 aliphatic rings. The van der Waals surface area contributed by atoms with E-state index in [1.807, 2.05) is 25.2 Å². The predicted octanol–water partition coefficient (Wildman–Crippen LogP) is 3.15. The number of benzene rings is 1. The quantitative estimate of drug-likeness (QED) is 0.894. The summed E-state index contributed by atoms with van der Waals surface area (Å²) in [6.45, 7) is 5.48. The molecule has 0 unspecified atom stereocenters. The first-order valence-corrected chi connectivity index (χ1v) is 6.77. The smallest absolute Gasteiger partial charge is 0.224 e. The maximum Gasteiger partial charge on any atom is 0.224 e. The fourth-order valence-electron chi connectivity index (χ4n) is 2.02. The number of para-hydroxylation sites is 1. The highest BCUT2D eigenvalue weighted by Gasteiger charge is 2.11. The minimum atomic E-state index is 0.671. The molecular weight excluding hydrogens is 236 g/mol. The van der Waals surface area contributed by atoms with Gasteiger partial charge in [0.15, 0.2) is 0 Å². The van der Waals surface area contributed by atoms with Gasteiger partial charge in [-0.2, -0.15) is 4.98 Å². The molecule has 4 heteroatoms. The molecule has 1 aromatic heterocycles. The SMILES string of the molecule is CNc1nc(N(C)CCC(C)C)c2ccccc2n1. The van der Waals surface area contributed by atoms with E-state index in [2.05, 4.69) is 47.1 Å². The normalized spacial score (nSPS) is 11.0. The Balaban J connectivity index is 2.39. The molecule has 0 aliphatic heterocycles. The van der Waals surface area contributed by atoms with E-state index in [0.717, 1.165) is 29.7 Å². The van der Waals surface area contributed by atoms with E-state index in [4.69, 9.17) is 0 Å². The van der Waals surface area contributed by atoms with Gasteiger partial charge in [-0.15, -0.1) is 0 Å². The Morgan fingerprint density at radius 1 is 1.21 bits per heavy atom. The van der Waals surface area contributed by atoms with Crippen LogP contribution in [-0.4, -0.2) is 30.6 Å². The molecule has 0 spiro atoms. The van der Waals surface area contributed by atoms with Crippen LogP contribution in [0.2, 0.25) is 0 Å². The highest BCUT2D eigenvalue weighted by Crippen LogP contribution is 2.24. The zero-order valence-corrected chi connectivity index (χ0v) is 12.1. The van der Waals surface area contributed by atoms with Crippen molar-refractivity contribution in [3.63, 3.8) is 0 Å². The number of hydrogen-bond acceptors (Lipinski definition) is 4. The Hall–Kier alpha value is -1.84. The summed E-state index contributed by atoms with van der Waals surface area (Å²) in [6.07, 6.45) is 1.16. The van der Waals surface area contributed by atoms with Crippen molar-refractivity contribution in [1.82, 2.24) is 9.97 Å². The molecule has 4 nitrogen and oxygen atoms in total. The summed E-state index contributed by atoms with van der Waals surface area (Å²) in [7, 11) is 3.94. The second-order valence-electron chi connectivity index (χ2n) is 5.24. The minimum Gasteiger partial charge on any atom is -0.359 e. The van der Waals surface area contributed by atoms with E-state index in [9.17, 15) is 0 Å². The molecule has 19 heavy (non-hydrogen) atoms. The fraction of sp³-hybridized carbons (Fsp3) is 0.467. The molecule has 1 heterocycles. The summed E-state index contributed by atoms with van der Waals surface area (Å²) in [4.78, 5) is 11.3. The Kier molecular flexibility index (Phi) is 4.20. The van der Waals surface area contributed by atoms with E-state index in [-0.39, 0.29) is 0 Å². The summed E-state index contributed by atoms with van der Waals surface area (Å²) >= 11 is 0. The zero-order valence-electron chi connectivity index (χ0n) is 12.1. The standard InChI is InChI=1S/C15H22N4/c1-11(2)9-10-19(4)14-12-7-5-6-8-13(12)17-15(16-3)18-14/h5-8,11H,9-10H2,1-4H3,(H,16,17,18). The third-order valence-electron chi connectivity index (χ3n) is 3.21. The molecule has 0 atom stereocenters. The summed E-state index contributed by atoms with van der Waals surface area (Å²) < 4.78 is 0. The maximum absolute atomic E-state index is 4.60. The molecule has 102 valence electrons. The van der Waals surface area contributed by atoms with E-state index in [1.54, 1.807) is 0 Å². The van der Waals surface area contributed by atoms with E-state index in [0.29, 0.717) is 11.9 Å². The van der Waals surface area contributed by atoms with Crippen molar-refractivity contribution in [2.45, 2.75) is 20.3 Å². The third-order valence-corrected chi connectivity index (χ3v) is 3.21. The van der Waals surface area contributed by atoms with Crippen LogP contribution in [0.15, 0.2) is 24.3 Å². The molecule has 0 saturated heterocycles. The van der Waals surface area contributed by atoms with Gasteiger partial charge in [0.05, 0.1) is 5.52 Å². The van der Waals surface area contributed by atoms with Crippen molar-refractivity contribution in [2.24, 2.45) is 5.92 Å². The van der Waals surface area contributed by atoms with Crippen LogP contribution >= 0.6 is 0 Å². The van der Waals surface area contributed by atoms with Crippen molar-refractivity contribution in [2.75, 3.05) is 30.9 Å². The Morgan fingerprint density at radius 2 is 1.95 bits per heavy atom. The summed E-state index contributed by atoms with van der Waals surface area (Å²) in [5.74, 6) is 2.36. The Morgan fingerprint density at radius 3 is 2.63 bits per heavy atom. The highest BCUT2D eigenvalue weighted by atomic mass is 15.2. The first-order valence-electron chi connectivity index (χ1n) is 6.77. The number of nitrogens with one attached hydrogen (secondary N) is 1. The second-order valence-corrected chi connectivity index (χ2v) is 5.24. The van der Waals surface area contributed by atoms with Crippen LogP contribution in [0, 0.1) is 5.92 Å². The third kappa shape index (κ3) is 3.13. The average Bonchev–Trinajstić information content (AvgIpc) is 2.43. The van der Waals surface area contributed by atoms with Gasteiger partial charge >= 0.3 is 0 Å². The summed E-state index contributed by atoms with van der Waals surface area (Å²) in [5, 5.41) is 4.13. The number of fused-ring (bicyclic) bond motifs is 1. The summed E-state index contributed by atoms with van der Waals surface area (Å²) in [5.41, 5.74) is 0.980. The van der Waals surface area contributed by atoms with Crippen LogP contribution < -0.4 is 10.2 Å². The topological polar surface area (TPSA) is 41.1 Å².